The van der Waals surface area contributed by atoms with E-state index in [1.165, 1.54) is 37.1 Å². The molecule has 1 aliphatic rings. The molecule has 2 atom stereocenters. The molecule has 1 aromatic heterocycles. The zero-order valence-electron chi connectivity index (χ0n) is 14.4. The Morgan fingerprint density at radius 3 is 2.81 bits per heavy atom. The molecule has 1 aromatic rings. The summed E-state index contributed by atoms with van der Waals surface area (Å²) < 4.78 is 2.15. The van der Waals surface area contributed by atoms with Gasteiger partial charge in [-0.2, -0.15) is 5.10 Å². The normalized spacial score (nSPS) is 26.5. The molecule has 1 fully saturated rings. The highest BCUT2D eigenvalue weighted by Crippen LogP contribution is 2.36. The highest BCUT2D eigenvalue weighted by Gasteiger charge is 2.34. The Bertz CT molecular complexity index is 449. The van der Waals surface area contributed by atoms with Crippen LogP contribution in [0.15, 0.2) is 6.07 Å². The maximum absolute atomic E-state index is 6.79. The Labute approximate surface area is 130 Å². The Kier molecular flexibility index (Phi) is 5.48. The van der Waals surface area contributed by atoms with Gasteiger partial charge in [-0.05, 0) is 50.5 Å². The largest absolute Gasteiger partial charge is 0.325 e. The number of aryl methyl sites for hydroxylation is 2. The third kappa shape index (κ3) is 4.32. The molecule has 0 spiro atoms. The Morgan fingerprint density at radius 2 is 2.19 bits per heavy atom. The smallest absolute Gasteiger partial charge is 0.0624 e. The third-order valence-corrected chi connectivity index (χ3v) is 4.90. The van der Waals surface area contributed by atoms with Gasteiger partial charge >= 0.3 is 0 Å². The lowest BCUT2D eigenvalue weighted by Crippen LogP contribution is -2.46. The summed E-state index contributed by atoms with van der Waals surface area (Å²) in [5.74, 6) is 1.60. The van der Waals surface area contributed by atoms with Crippen LogP contribution in [0, 0.1) is 11.8 Å². The minimum absolute atomic E-state index is 0.0181. The van der Waals surface area contributed by atoms with Crippen molar-refractivity contribution >= 4 is 0 Å². The van der Waals surface area contributed by atoms with Gasteiger partial charge in [0.2, 0.25) is 0 Å². The first-order chi connectivity index (χ1) is 9.95. The second kappa shape index (κ2) is 6.95. The summed E-state index contributed by atoms with van der Waals surface area (Å²) >= 11 is 0. The number of nitrogens with zero attached hydrogens (tertiary/aromatic N) is 2. The lowest BCUT2D eigenvalue weighted by Gasteiger charge is -2.39. The molecule has 2 rings (SSSR count). The molecule has 3 heteroatoms. The van der Waals surface area contributed by atoms with E-state index in [4.69, 9.17) is 5.73 Å². The first-order valence-electron chi connectivity index (χ1n) is 8.80. The zero-order chi connectivity index (χ0) is 15.5. The molecule has 0 amide bonds. The number of hydrogen-bond acceptors (Lipinski definition) is 2. The SMILES string of the molecule is CCc1cc(CC2(N)CCCC(CC(C)C)C2)n(CC)n1. The van der Waals surface area contributed by atoms with Crippen molar-refractivity contribution in [1.29, 1.82) is 0 Å². The Morgan fingerprint density at radius 1 is 1.43 bits per heavy atom. The lowest BCUT2D eigenvalue weighted by atomic mass is 9.72. The molecule has 2 unspecified atom stereocenters. The van der Waals surface area contributed by atoms with Crippen molar-refractivity contribution in [3.05, 3.63) is 17.5 Å². The van der Waals surface area contributed by atoms with Crippen LogP contribution >= 0.6 is 0 Å². The second-order valence-electron chi connectivity index (χ2n) is 7.43. The van der Waals surface area contributed by atoms with Gasteiger partial charge < -0.3 is 5.73 Å². The molecule has 1 aliphatic carbocycles. The van der Waals surface area contributed by atoms with Gasteiger partial charge in [0.15, 0.2) is 0 Å². The second-order valence-corrected chi connectivity index (χ2v) is 7.43. The maximum atomic E-state index is 6.79. The molecule has 120 valence electrons. The molecule has 3 nitrogen and oxygen atoms in total. The first kappa shape index (κ1) is 16.5. The summed E-state index contributed by atoms with van der Waals surface area (Å²) in [5, 5.41) is 4.67. The summed E-state index contributed by atoms with van der Waals surface area (Å²) in [4.78, 5) is 0. The molecule has 1 saturated carbocycles. The average Bonchev–Trinajstić information content (AvgIpc) is 2.79. The first-order valence-corrected chi connectivity index (χ1v) is 8.80. The summed E-state index contributed by atoms with van der Waals surface area (Å²) in [7, 11) is 0. The van der Waals surface area contributed by atoms with E-state index in [1.54, 1.807) is 0 Å². The van der Waals surface area contributed by atoms with Crippen LogP contribution in [-0.2, 0) is 19.4 Å². The van der Waals surface area contributed by atoms with E-state index >= 15 is 0 Å². The van der Waals surface area contributed by atoms with Crippen LogP contribution in [-0.4, -0.2) is 15.3 Å². The molecule has 0 aliphatic heterocycles. The number of rotatable bonds is 6. The fraction of sp³-hybridized carbons (Fsp3) is 0.833. The van der Waals surface area contributed by atoms with Crippen molar-refractivity contribution in [2.24, 2.45) is 17.6 Å². The van der Waals surface area contributed by atoms with Crippen molar-refractivity contribution in [2.45, 2.75) is 84.7 Å². The van der Waals surface area contributed by atoms with E-state index in [1.807, 2.05) is 0 Å². The fourth-order valence-electron chi connectivity index (χ4n) is 4.01. The average molecular weight is 291 g/mol. The van der Waals surface area contributed by atoms with Gasteiger partial charge in [0, 0.05) is 24.2 Å². The third-order valence-electron chi connectivity index (χ3n) is 4.90. The lowest BCUT2D eigenvalue weighted by molar-refractivity contribution is 0.198. The highest BCUT2D eigenvalue weighted by atomic mass is 15.3. The van der Waals surface area contributed by atoms with Crippen molar-refractivity contribution in [3.8, 4) is 0 Å². The topological polar surface area (TPSA) is 43.8 Å². The number of hydrogen-bond donors (Lipinski definition) is 1. The van der Waals surface area contributed by atoms with Crippen LogP contribution in [0.2, 0.25) is 0 Å². The van der Waals surface area contributed by atoms with Gasteiger partial charge in [-0.15, -0.1) is 0 Å². The predicted molar refractivity (Wildman–Crippen MR) is 89.3 cm³/mol. The minimum Gasteiger partial charge on any atom is -0.325 e. The molecule has 21 heavy (non-hydrogen) atoms. The zero-order valence-corrected chi connectivity index (χ0v) is 14.4. The van der Waals surface area contributed by atoms with Gasteiger partial charge in [0.1, 0.15) is 0 Å². The van der Waals surface area contributed by atoms with Crippen LogP contribution < -0.4 is 5.73 Å². The van der Waals surface area contributed by atoms with E-state index < -0.39 is 0 Å². The quantitative estimate of drug-likeness (QED) is 0.862. The van der Waals surface area contributed by atoms with Crippen molar-refractivity contribution in [1.82, 2.24) is 9.78 Å². The molecular weight excluding hydrogens is 258 g/mol. The molecule has 0 saturated heterocycles. The summed E-state index contributed by atoms with van der Waals surface area (Å²) in [5.41, 5.74) is 9.31. The van der Waals surface area contributed by atoms with Gasteiger partial charge in [-0.1, -0.05) is 33.6 Å². The molecular formula is C18H33N3. The van der Waals surface area contributed by atoms with Crippen molar-refractivity contribution in [3.63, 3.8) is 0 Å². The summed E-state index contributed by atoms with van der Waals surface area (Å²) in [6.45, 7) is 9.94. The van der Waals surface area contributed by atoms with Gasteiger partial charge in [0.05, 0.1) is 5.69 Å². The van der Waals surface area contributed by atoms with Crippen LogP contribution in [0.5, 0.6) is 0 Å². The van der Waals surface area contributed by atoms with Crippen LogP contribution in [0.4, 0.5) is 0 Å². The Balaban J connectivity index is 2.07. The molecule has 2 N–H and O–H groups in total. The van der Waals surface area contributed by atoms with E-state index in [0.29, 0.717) is 0 Å². The number of aromatic nitrogens is 2. The molecule has 0 aromatic carbocycles. The van der Waals surface area contributed by atoms with E-state index in [0.717, 1.165) is 37.6 Å². The summed E-state index contributed by atoms with van der Waals surface area (Å²) in [6, 6.07) is 2.27. The van der Waals surface area contributed by atoms with Crippen LogP contribution in [0.3, 0.4) is 0 Å². The van der Waals surface area contributed by atoms with Gasteiger partial charge in [0.25, 0.3) is 0 Å². The molecule has 1 heterocycles. The highest BCUT2D eigenvalue weighted by molar-refractivity contribution is 5.14. The fourth-order valence-corrected chi connectivity index (χ4v) is 4.01. The Hall–Kier alpha value is -0.830. The van der Waals surface area contributed by atoms with E-state index in [2.05, 4.69) is 43.5 Å². The van der Waals surface area contributed by atoms with Gasteiger partial charge in [-0.3, -0.25) is 4.68 Å². The van der Waals surface area contributed by atoms with Crippen LogP contribution in [0.25, 0.3) is 0 Å². The van der Waals surface area contributed by atoms with Crippen LogP contribution in [0.1, 0.15) is 71.2 Å². The minimum atomic E-state index is -0.0181. The summed E-state index contributed by atoms with van der Waals surface area (Å²) in [6.07, 6.45) is 8.32. The molecule has 0 radical (unpaired) electrons. The standard InChI is InChI=1S/C18H33N3/c1-5-16-11-17(21(6-2)20-16)13-18(19)9-7-8-15(12-18)10-14(3)4/h11,14-15H,5-10,12-13,19H2,1-4H3. The van der Waals surface area contributed by atoms with Crippen molar-refractivity contribution in [2.75, 3.05) is 0 Å². The van der Waals surface area contributed by atoms with E-state index in [-0.39, 0.29) is 5.54 Å². The van der Waals surface area contributed by atoms with E-state index in [9.17, 15) is 0 Å². The van der Waals surface area contributed by atoms with Crippen molar-refractivity contribution < 1.29 is 0 Å². The molecule has 0 bridgehead atoms. The maximum Gasteiger partial charge on any atom is 0.0624 e. The predicted octanol–water partition coefficient (Wildman–Crippen LogP) is 3.94. The monoisotopic (exact) mass is 291 g/mol. The number of nitrogens with two attached hydrogens (primary N) is 1. The van der Waals surface area contributed by atoms with Gasteiger partial charge in [-0.25, -0.2) is 0 Å².